The quantitative estimate of drug-likeness (QED) is 0.569. The Morgan fingerprint density at radius 3 is 2.16 bits per heavy atom. The lowest BCUT2D eigenvalue weighted by Crippen LogP contribution is -2.31. The number of hydrogen-bond donors (Lipinski definition) is 3. The summed E-state index contributed by atoms with van der Waals surface area (Å²) in [5, 5.41) is 8.74. The number of likely N-dealkylation sites (tertiary alicyclic amines) is 1. The van der Waals surface area contributed by atoms with Crippen LogP contribution in [-0.2, 0) is 9.59 Å². The number of carbonyl (C=O) groups excluding carboxylic acids is 3. The molecule has 0 aliphatic carbocycles. The Morgan fingerprint density at radius 2 is 1.47 bits per heavy atom. The summed E-state index contributed by atoms with van der Waals surface area (Å²) in [5.74, 6) is -0.193. The van der Waals surface area contributed by atoms with Crippen LogP contribution in [0, 0.1) is 0 Å². The monoisotopic (exact) mass is 436 g/mol. The second-order valence-electron chi connectivity index (χ2n) is 8.06. The smallest absolute Gasteiger partial charge is 0.253 e. The molecule has 0 radical (unpaired) electrons. The van der Waals surface area contributed by atoms with E-state index in [1.807, 2.05) is 24.0 Å². The number of benzene rings is 2. The van der Waals surface area contributed by atoms with Crippen molar-refractivity contribution in [2.75, 3.05) is 35.6 Å². The number of amides is 3. The second-order valence-corrected chi connectivity index (χ2v) is 8.06. The molecule has 0 aromatic heterocycles. The maximum atomic E-state index is 12.8. The van der Waals surface area contributed by atoms with E-state index in [4.69, 9.17) is 0 Å². The highest BCUT2D eigenvalue weighted by Crippen LogP contribution is 2.17. The maximum absolute atomic E-state index is 12.8. The standard InChI is InChI=1S/C25H32N4O3/c1-2-8-23(30)27-21-13-11-20(12-14-21)26-18-24(31)28-22-10-7-9-19(17-22)25(32)29-15-5-3-4-6-16-29/h7,9-14,17,26H,2-6,8,15-16,18H2,1H3,(H,27,30)(H,28,31). The molecule has 0 bridgehead atoms. The van der Waals surface area contributed by atoms with Gasteiger partial charge in [0.2, 0.25) is 11.8 Å². The summed E-state index contributed by atoms with van der Waals surface area (Å²) in [4.78, 5) is 38.7. The van der Waals surface area contributed by atoms with Crippen molar-refractivity contribution < 1.29 is 14.4 Å². The van der Waals surface area contributed by atoms with E-state index < -0.39 is 0 Å². The van der Waals surface area contributed by atoms with Crippen molar-refractivity contribution >= 4 is 34.8 Å². The third-order valence-electron chi connectivity index (χ3n) is 5.39. The van der Waals surface area contributed by atoms with E-state index >= 15 is 0 Å². The van der Waals surface area contributed by atoms with Crippen LogP contribution < -0.4 is 16.0 Å². The van der Waals surface area contributed by atoms with Crippen LogP contribution >= 0.6 is 0 Å². The Morgan fingerprint density at radius 1 is 0.812 bits per heavy atom. The molecule has 170 valence electrons. The molecular formula is C25H32N4O3. The molecule has 2 aromatic carbocycles. The minimum Gasteiger partial charge on any atom is -0.376 e. The van der Waals surface area contributed by atoms with Crippen molar-refractivity contribution in [2.24, 2.45) is 0 Å². The van der Waals surface area contributed by atoms with Gasteiger partial charge in [-0.15, -0.1) is 0 Å². The highest BCUT2D eigenvalue weighted by molar-refractivity contribution is 5.98. The molecular weight excluding hydrogens is 404 g/mol. The summed E-state index contributed by atoms with van der Waals surface area (Å²) < 4.78 is 0. The molecule has 32 heavy (non-hydrogen) atoms. The SMILES string of the molecule is CCCC(=O)Nc1ccc(NCC(=O)Nc2cccc(C(=O)N3CCCCCC3)c2)cc1. The van der Waals surface area contributed by atoms with Crippen LogP contribution in [0.4, 0.5) is 17.1 Å². The number of carbonyl (C=O) groups is 3. The molecule has 7 heteroatoms. The van der Waals surface area contributed by atoms with Crippen LogP contribution in [0.25, 0.3) is 0 Å². The van der Waals surface area contributed by atoms with Gasteiger partial charge in [0.05, 0.1) is 6.54 Å². The number of nitrogens with zero attached hydrogens (tertiary/aromatic N) is 1. The predicted molar refractivity (Wildman–Crippen MR) is 128 cm³/mol. The van der Waals surface area contributed by atoms with Crippen LogP contribution in [0.1, 0.15) is 55.8 Å². The Balaban J connectivity index is 1.50. The molecule has 0 spiro atoms. The van der Waals surface area contributed by atoms with Gasteiger partial charge in [0.15, 0.2) is 0 Å². The van der Waals surface area contributed by atoms with Crippen molar-refractivity contribution in [1.29, 1.82) is 0 Å². The van der Waals surface area contributed by atoms with Gasteiger partial charge in [0, 0.05) is 42.1 Å². The van der Waals surface area contributed by atoms with Gasteiger partial charge in [-0.2, -0.15) is 0 Å². The van der Waals surface area contributed by atoms with Gasteiger partial charge < -0.3 is 20.9 Å². The number of hydrogen-bond acceptors (Lipinski definition) is 4. The summed E-state index contributed by atoms with van der Waals surface area (Å²) >= 11 is 0. The fourth-order valence-electron chi connectivity index (χ4n) is 3.70. The summed E-state index contributed by atoms with van der Waals surface area (Å²) in [5.41, 5.74) is 2.70. The van der Waals surface area contributed by atoms with Crippen molar-refractivity contribution in [3.05, 3.63) is 54.1 Å². The summed E-state index contributed by atoms with van der Waals surface area (Å²) in [7, 11) is 0. The van der Waals surface area contributed by atoms with Gasteiger partial charge in [-0.25, -0.2) is 0 Å². The van der Waals surface area contributed by atoms with Gasteiger partial charge in [-0.1, -0.05) is 25.8 Å². The highest BCUT2D eigenvalue weighted by Gasteiger charge is 2.17. The Hall–Kier alpha value is -3.35. The average molecular weight is 437 g/mol. The second kappa shape index (κ2) is 11.9. The van der Waals surface area contributed by atoms with Crippen LogP contribution in [-0.4, -0.2) is 42.3 Å². The zero-order valence-corrected chi connectivity index (χ0v) is 18.7. The number of anilines is 3. The third kappa shape index (κ3) is 7.11. The van der Waals surface area contributed by atoms with Crippen molar-refractivity contribution in [3.8, 4) is 0 Å². The molecule has 1 heterocycles. The predicted octanol–water partition coefficient (Wildman–Crippen LogP) is 4.49. The van der Waals surface area contributed by atoms with Crippen LogP contribution in [0.15, 0.2) is 48.5 Å². The van der Waals surface area contributed by atoms with E-state index in [0.29, 0.717) is 17.7 Å². The average Bonchev–Trinajstić information content (AvgIpc) is 3.08. The van der Waals surface area contributed by atoms with Gasteiger partial charge >= 0.3 is 0 Å². The molecule has 0 unspecified atom stereocenters. The Labute approximate surface area is 189 Å². The molecule has 3 N–H and O–H groups in total. The topological polar surface area (TPSA) is 90.5 Å². The fraction of sp³-hybridized carbons (Fsp3) is 0.400. The first-order valence-corrected chi connectivity index (χ1v) is 11.4. The number of rotatable bonds is 8. The molecule has 1 aliphatic rings. The molecule has 0 atom stereocenters. The van der Waals surface area contributed by atoms with E-state index in [9.17, 15) is 14.4 Å². The number of nitrogens with one attached hydrogen (secondary N) is 3. The first-order valence-electron chi connectivity index (χ1n) is 11.4. The van der Waals surface area contributed by atoms with Gasteiger partial charge in [-0.05, 0) is 61.7 Å². The van der Waals surface area contributed by atoms with Gasteiger partial charge in [0.25, 0.3) is 5.91 Å². The molecule has 1 saturated heterocycles. The molecule has 0 saturated carbocycles. The van der Waals surface area contributed by atoms with Crippen LogP contribution in [0.3, 0.4) is 0 Å². The maximum Gasteiger partial charge on any atom is 0.253 e. The van der Waals surface area contributed by atoms with Gasteiger partial charge in [-0.3, -0.25) is 14.4 Å². The van der Waals surface area contributed by atoms with E-state index in [1.54, 1.807) is 36.4 Å². The molecule has 2 aromatic rings. The minimum atomic E-state index is -0.204. The summed E-state index contributed by atoms with van der Waals surface area (Å²) in [6.07, 6.45) is 5.72. The van der Waals surface area contributed by atoms with E-state index in [0.717, 1.165) is 43.7 Å². The van der Waals surface area contributed by atoms with Crippen molar-refractivity contribution in [1.82, 2.24) is 4.90 Å². The lowest BCUT2D eigenvalue weighted by atomic mass is 10.1. The van der Waals surface area contributed by atoms with Crippen LogP contribution in [0.2, 0.25) is 0 Å². The first-order chi connectivity index (χ1) is 15.5. The molecule has 1 fully saturated rings. The third-order valence-corrected chi connectivity index (χ3v) is 5.39. The summed E-state index contributed by atoms with van der Waals surface area (Å²) in [6, 6.07) is 14.3. The van der Waals surface area contributed by atoms with Gasteiger partial charge in [0.1, 0.15) is 0 Å². The van der Waals surface area contributed by atoms with E-state index in [2.05, 4.69) is 16.0 Å². The lowest BCUT2D eigenvalue weighted by Gasteiger charge is -2.20. The largest absolute Gasteiger partial charge is 0.376 e. The highest BCUT2D eigenvalue weighted by atomic mass is 16.2. The normalized spacial score (nSPS) is 13.7. The first kappa shape index (κ1) is 23.3. The van der Waals surface area contributed by atoms with Crippen LogP contribution in [0.5, 0.6) is 0 Å². The Bertz CT molecular complexity index is 919. The minimum absolute atomic E-state index is 0.0101. The molecule has 3 rings (SSSR count). The Kier molecular flexibility index (Phi) is 8.66. The zero-order valence-electron chi connectivity index (χ0n) is 18.7. The zero-order chi connectivity index (χ0) is 22.8. The molecule has 3 amide bonds. The lowest BCUT2D eigenvalue weighted by molar-refractivity contribution is -0.116. The van der Waals surface area contributed by atoms with E-state index in [1.165, 1.54) is 12.8 Å². The molecule has 1 aliphatic heterocycles. The van der Waals surface area contributed by atoms with Crippen molar-refractivity contribution in [3.63, 3.8) is 0 Å². The fourth-order valence-corrected chi connectivity index (χ4v) is 3.70. The molecule has 7 nitrogen and oxygen atoms in total. The summed E-state index contributed by atoms with van der Waals surface area (Å²) in [6.45, 7) is 3.63. The van der Waals surface area contributed by atoms with E-state index in [-0.39, 0.29) is 24.3 Å². The van der Waals surface area contributed by atoms with Crippen molar-refractivity contribution in [2.45, 2.75) is 45.4 Å².